The van der Waals surface area contributed by atoms with Gasteiger partial charge in [0.1, 0.15) is 0 Å². The zero-order valence-electron chi connectivity index (χ0n) is 9.91. The van der Waals surface area contributed by atoms with E-state index in [1.807, 2.05) is 0 Å². The molecule has 5 heteroatoms. The topological polar surface area (TPSA) is 74.6 Å². The second-order valence-corrected chi connectivity index (χ2v) is 3.82. The van der Waals surface area contributed by atoms with Gasteiger partial charge < -0.3 is 10.2 Å². The molecule has 0 aliphatic rings. The number of unbranched alkanes of at least 4 members (excludes halogenated alkanes) is 2. The number of carboxylic acid groups (broad SMARTS) is 2. The van der Waals surface area contributed by atoms with Crippen LogP contribution in [0.3, 0.4) is 0 Å². The quantitative estimate of drug-likeness (QED) is 0.540. The molecule has 0 amide bonds. The molecule has 0 rings (SSSR count). The lowest BCUT2D eigenvalue weighted by Gasteiger charge is -2.03. The fourth-order valence-electron chi connectivity index (χ4n) is 0.962. The Morgan fingerprint density at radius 1 is 1.19 bits per heavy atom. The lowest BCUT2D eigenvalue weighted by Crippen LogP contribution is -2.16. The highest BCUT2D eigenvalue weighted by Gasteiger charge is 2.17. The first-order chi connectivity index (χ1) is 7.49. The average molecular weight is 253 g/mol. The summed E-state index contributed by atoms with van der Waals surface area (Å²) in [4.78, 5) is 20.2. The van der Waals surface area contributed by atoms with Crippen molar-refractivity contribution in [3.63, 3.8) is 0 Å². The predicted molar refractivity (Wildman–Crippen MR) is 63.9 cm³/mol. The number of carboxylic acids is 2. The van der Waals surface area contributed by atoms with Gasteiger partial charge in [-0.05, 0) is 12.8 Å². The maximum Gasteiger partial charge on any atom is 0.307 e. The van der Waals surface area contributed by atoms with Gasteiger partial charge in [-0.1, -0.05) is 26.7 Å². The van der Waals surface area contributed by atoms with E-state index < -0.39 is 17.9 Å². The third kappa shape index (κ3) is 13.2. The van der Waals surface area contributed by atoms with Crippen LogP contribution >= 0.6 is 11.6 Å². The van der Waals surface area contributed by atoms with Crippen molar-refractivity contribution >= 4 is 23.5 Å². The van der Waals surface area contributed by atoms with Crippen LogP contribution in [0.2, 0.25) is 0 Å². The van der Waals surface area contributed by atoms with Crippen molar-refractivity contribution in [2.45, 2.75) is 46.0 Å². The van der Waals surface area contributed by atoms with Crippen LogP contribution in [0, 0.1) is 5.92 Å². The second kappa shape index (κ2) is 12.3. The van der Waals surface area contributed by atoms with Gasteiger partial charge in [0.2, 0.25) is 0 Å². The van der Waals surface area contributed by atoms with Gasteiger partial charge in [0, 0.05) is 5.88 Å². The summed E-state index contributed by atoms with van der Waals surface area (Å²) in [5, 5.41) is 16.6. The molecule has 0 aromatic rings. The average Bonchev–Trinajstić information content (AvgIpc) is 2.23. The van der Waals surface area contributed by atoms with Crippen molar-refractivity contribution in [3.05, 3.63) is 0 Å². The molecule has 1 unspecified atom stereocenters. The minimum absolute atomic E-state index is 0.286. The molecule has 0 aromatic heterocycles. The van der Waals surface area contributed by atoms with Crippen molar-refractivity contribution in [2.75, 3.05) is 5.88 Å². The molecule has 0 fully saturated rings. The summed E-state index contributed by atoms with van der Waals surface area (Å²) in [5.41, 5.74) is 0. The van der Waals surface area contributed by atoms with Crippen LogP contribution in [-0.4, -0.2) is 28.0 Å². The first kappa shape index (κ1) is 17.6. The molecule has 0 heterocycles. The lowest BCUT2D eigenvalue weighted by atomic mass is 10.0. The van der Waals surface area contributed by atoms with Gasteiger partial charge in [-0.2, -0.15) is 0 Å². The summed E-state index contributed by atoms with van der Waals surface area (Å²) in [7, 11) is 0. The van der Waals surface area contributed by atoms with E-state index in [1.54, 1.807) is 6.92 Å². The standard InChI is InChI=1S/C6H10O4.C5H11Cl/c1-2-4(6(9)10)3-5(7)8;1-2-3-4-5-6/h4H,2-3H2,1H3,(H,7,8)(H,9,10);2-5H2,1H3. The van der Waals surface area contributed by atoms with E-state index in [-0.39, 0.29) is 6.42 Å². The van der Waals surface area contributed by atoms with Crippen LogP contribution in [-0.2, 0) is 9.59 Å². The molecule has 0 saturated carbocycles. The van der Waals surface area contributed by atoms with Gasteiger partial charge in [0.15, 0.2) is 0 Å². The zero-order chi connectivity index (χ0) is 13.0. The highest BCUT2D eigenvalue weighted by molar-refractivity contribution is 6.17. The molecule has 0 aliphatic heterocycles. The summed E-state index contributed by atoms with van der Waals surface area (Å²) < 4.78 is 0. The van der Waals surface area contributed by atoms with E-state index in [4.69, 9.17) is 21.8 Å². The predicted octanol–water partition coefficient (Wildman–Crippen LogP) is 2.99. The lowest BCUT2D eigenvalue weighted by molar-refractivity contribution is -0.148. The largest absolute Gasteiger partial charge is 0.481 e. The molecule has 0 saturated heterocycles. The maximum absolute atomic E-state index is 10.2. The molecule has 0 spiro atoms. The molecule has 0 aromatic carbocycles. The van der Waals surface area contributed by atoms with Gasteiger partial charge in [0.05, 0.1) is 12.3 Å². The summed E-state index contributed by atoms with van der Waals surface area (Å²) in [6.45, 7) is 3.83. The Morgan fingerprint density at radius 3 is 1.88 bits per heavy atom. The van der Waals surface area contributed by atoms with E-state index >= 15 is 0 Å². The minimum Gasteiger partial charge on any atom is -0.481 e. The fraction of sp³-hybridized carbons (Fsp3) is 0.818. The molecule has 0 aliphatic carbocycles. The van der Waals surface area contributed by atoms with Gasteiger partial charge in [-0.25, -0.2) is 0 Å². The third-order valence-corrected chi connectivity index (χ3v) is 2.27. The van der Waals surface area contributed by atoms with Crippen LogP contribution in [0.25, 0.3) is 0 Å². The smallest absolute Gasteiger partial charge is 0.307 e. The molecule has 0 bridgehead atoms. The maximum atomic E-state index is 10.2. The summed E-state index contributed by atoms with van der Waals surface area (Å²) in [5.74, 6) is -2.01. The minimum atomic E-state index is -1.06. The fourth-order valence-corrected chi connectivity index (χ4v) is 1.15. The van der Waals surface area contributed by atoms with Crippen molar-refractivity contribution in [1.82, 2.24) is 0 Å². The van der Waals surface area contributed by atoms with Gasteiger partial charge >= 0.3 is 11.9 Å². The normalized spacial score (nSPS) is 11.2. The number of hydrogen-bond donors (Lipinski definition) is 2. The van der Waals surface area contributed by atoms with Crippen LogP contribution < -0.4 is 0 Å². The van der Waals surface area contributed by atoms with Gasteiger partial charge in [-0.15, -0.1) is 11.6 Å². The van der Waals surface area contributed by atoms with Crippen LogP contribution in [0.5, 0.6) is 0 Å². The zero-order valence-corrected chi connectivity index (χ0v) is 10.7. The molecule has 1 atom stereocenters. The van der Waals surface area contributed by atoms with E-state index in [9.17, 15) is 9.59 Å². The van der Waals surface area contributed by atoms with Crippen molar-refractivity contribution in [1.29, 1.82) is 0 Å². The monoisotopic (exact) mass is 252 g/mol. The van der Waals surface area contributed by atoms with Crippen LogP contribution in [0.1, 0.15) is 46.0 Å². The summed E-state index contributed by atoms with van der Waals surface area (Å²) in [6.07, 6.45) is 3.81. The van der Waals surface area contributed by atoms with Crippen molar-refractivity contribution in [2.24, 2.45) is 5.92 Å². The molecular weight excluding hydrogens is 232 g/mol. The Hall–Kier alpha value is -0.770. The molecule has 0 radical (unpaired) electrons. The van der Waals surface area contributed by atoms with E-state index in [0.717, 1.165) is 5.88 Å². The Kier molecular flexibility index (Phi) is 13.5. The van der Waals surface area contributed by atoms with Gasteiger partial charge in [-0.3, -0.25) is 9.59 Å². The third-order valence-electron chi connectivity index (χ3n) is 2.00. The molecule has 4 nitrogen and oxygen atoms in total. The van der Waals surface area contributed by atoms with E-state index in [2.05, 4.69) is 6.92 Å². The SMILES string of the molecule is CCC(CC(=O)O)C(=O)O.CCCCCCl. The number of halogens is 1. The highest BCUT2D eigenvalue weighted by Crippen LogP contribution is 2.07. The number of aliphatic carboxylic acids is 2. The molecule has 96 valence electrons. The molecule has 16 heavy (non-hydrogen) atoms. The van der Waals surface area contributed by atoms with Crippen LogP contribution in [0.4, 0.5) is 0 Å². The van der Waals surface area contributed by atoms with Crippen molar-refractivity contribution < 1.29 is 19.8 Å². The number of hydrogen-bond acceptors (Lipinski definition) is 2. The van der Waals surface area contributed by atoms with E-state index in [0.29, 0.717) is 6.42 Å². The Morgan fingerprint density at radius 2 is 1.75 bits per heavy atom. The Labute approximate surface area is 102 Å². The number of rotatable bonds is 7. The molecular formula is C11H21ClO4. The second-order valence-electron chi connectivity index (χ2n) is 3.44. The molecule has 2 N–H and O–H groups in total. The Bertz CT molecular complexity index is 190. The number of alkyl halides is 1. The van der Waals surface area contributed by atoms with Gasteiger partial charge in [0.25, 0.3) is 0 Å². The summed E-state index contributed by atoms with van der Waals surface area (Å²) in [6, 6.07) is 0. The van der Waals surface area contributed by atoms with Crippen molar-refractivity contribution in [3.8, 4) is 0 Å². The first-order valence-corrected chi connectivity index (χ1v) is 6.03. The van der Waals surface area contributed by atoms with E-state index in [1.165, 1.54) is 19.3 Å². The van der Waals surface area contributed by atoms with Crippen LogP contribution in [0.15, 0.2) is 0 Å². The summed E-state index contributed by atoms with van der Waals surface area (Å²) >= 11 is 5.38. The number of carbonyl (C=O) groups is 2. The Balaban J connectivity index is 0. The highest BCUT2D eigenvalue weighted by atomic mass is 35.5. The first-order valence-electron chi connectivity index (χ1n) is 5.50.